The van der Waals surface area contributed by atoms with E-state index < -0.39 is 0 Å². The second-order valence-electron chi connectivity index (χ2n) is 4.52. The molecular formula is C14H20N2OS. The van der Waals surface area contributed by atoms with Gasteiger partial charge >= 0.3 is 0 Å². The third-order valence-corrected chi connectivity index (χ3v) is 3.06. The molecule has 0 spiro atoms. The van der Waals surface area contributed by atoms with Crippen LogP contribution in [0.5, 0.6) is 0 Å². The Morgan fingerprint density at radius 3 is 2.67 bits per heavy atom. The summed E-state index contributed by atoms with van der Waals surface area (Å²) in [5.41, 5.74) is 8.89. The van der Waals surface area contributed by atoms with Gasteiger partial charge in [0.15, 0.2) is 0 Å². The molecule has 0 radical (unpaired) electrons. The van der Waals surface area contributed by atoms with Gasteiger partial charge in [0, 0.05) is 6.54 Å². The molecule has 0 aliphatic rings. The SMILES string of the molecule is Cc1ccc(CC(=O)NCCCC(N)=S)cc1C. The van der Waals surface area contributed by atoms with E-state index in [4.69, 9.17) is 18.0 Å². The van der Waals surface area contributed by atoms with Gasteiger partial charge in [-0.1, -0.05) is 30.4 Å². The first kappa shape index (κ1) is 14.6. The number of hydrogen-bond acceptors (Lipinski definition) is 2. The number of rotatable bonds is 6. The van der Waals surface area contributed by atoms with Gasteiger partial charge in [-0.25, -0.2) is 0 Å². The molecule has 0 bridgehead atoms. The summed E-state index contributed by atoms with van der Waals surface area (Å²) in [5.74, 6) is 0.0428. The molecule has 0 atom stereocenters. The normalized spacial score (nSPS) is 10.1. The van der Waals surface area contributed by atoms with Gasteiger partial charge in [0.05, 0.1) is 11.4 Å². The molecule has 3 N–H and O–H groups in total. The lowest BCUT2D eigenvalue weighted by molar-refractivity contribution is -0.120. The lowest BCUT2D eigenvalue weighted by Gasteiger charge is -2.07. The van der Waals surface area contributed by atoms with Crippen molar-refractivity contribution in [3.05, 3.63) is 34.9 Å². The van der Waals surface area contributed by atoms with Crippen molar-refractivity contribution >= 4 is 23.1 Å². The summed E-state index contributed by atoms with van der Waals surface area (Å²) in [7, 11) is 0. The molecule has 0 aromatic heterocycles. The lowest BCUT2D eigenvalue weighted by Crippen LogP contribution is -2.26. The smallest absolute Gasteiger partial charge is 0.224 e. The third kappa shape index (κ3) is 5.27. The van der Waals surface area contributed by atoms with Crippen LogP contribution in [0.25, 0.3) is 0 Å². The van der Waals surface area contributed by atoms with E-state index in [-0.39, 0.29) is 5.91 Å². The Labute approximate surface area is 114 Å². The van der Waals surface area contributed by atoms with Crippen LogP contribution < -0.4 is 11.1 Å². The number of nitrogens with one attached hydrogen (secondary N) is 1. The van der Waals surface area contributed by atoms with Gasteiger partial charge in [0.25, 0.3) is 0 Å². The number of thiocarbonyl (C=S) groups is 1. The zero-order valence-corrected chi connectivity index (χ0v) is 11.8. The van der Waals surface area contributed by atoms with Gasteiger partial charge in [-0.15, -0.1) is 0 Å². The number of carbonyl (C=O) groups is 1. The second kappa shape index (κ2) is 7.11. The van der Waals surface area contributed by atoms with E-state index in [1.165, 1.54) is 11.1 Å². The number of benzene rings is 1. The van der Waals surface area contributed by atoms with Crippen LogP contribution in [0.2, 0.25) is 0 Å². The largest absolute Gasteiger partial charge is 0.393 e. The van der Waals surface area contributed by atoms with Crippen LogP contribution in [0.15, 0.2) is 18.2 Å². The first-order valence-electron chi connectivity index (χ1n) is 6.10. The van der Waals surface area contributed by atoms with Crippen molar-refractivity contribution in [2.24, 2.45) is 5.73 Å². The van der Waals surface area contributed by atoms with Gasteiger partial charge < -0.3 is 11.1 Å². The summed E-state index contributed by atoms with van der Waals surface area (Å²) in [4.78, 5) is 12.2. The lowest BCUT2D eigenvalue weighted by atomic mass is 10.0. The summed E-state index contributed by atoms with van der Waals surface area (Å²) in [5, 5.41) is 2.87. The molecule has 0 unspecified atom stereocenters. The van der Waals surface area contributed by atoms with Crippen molar-refractivity contribution in [1.82, 2.24) is 5.32 Å². The fourth-order valence-corrected chi connectivity index (χ4v) is 1.80. The summed E-state index contributed by atoms with van der Waals surface area (Å²) < 4.78 is 0. The average molecular weight is 264 g/mol. The topological polar surface area (TPSA) is 55.1 Å². The van der Waals surface area contributed by atoms with Crippen molar-refractivity contribution in [2.75, 3.05) is 6.54 Å². The van der Waals surface area contributed by atoms with E-state index in [0.29, 0.717) is 24.4 Å². The van der Waals surface area contributed by atoms with Crippen LogP contribution in [-0.4, -0.2) is 17.4 Å². The van der Waals surface area contributed by atoms with E-state index >= 15 is 0 Å². The second-order valence-corrected chi connectivity index (χ2v) is 5.04. The zero-order chi connectivity index (χ0) is 13.5. The molecule has 98 valence electrons. The average Bonchev–Trinajstić information content (AvgIpc) is 2.29. The molecule has 0 saturated carbocycles. The Bertz CT molecular complexity index is 443. The van der Waals surface area contributed by atoms with Crippen molar-refractivity contribution in [3.8, 4) is 0 Å². The van der Waals surface area contributed by atoms with Gasteiger partial charge in [-0.3, -0.25) is 4.79 Å². The number of hydrogen-bond donors (Lipinski definition) is 2. The van der Waals surface area contributed by atoms with Crippen molar-refractivity contribution < 1.29 is 4.79 Å². The maximum atomic E-state index is 11.7. The van der Waals surface area contributed by atoms with Crippen LogP contribution >= 0.6 is 12.2 Å². The maximum Gasteiger partial charge on any atom is 0.224 e. The minimum absolute atomic E-state index is 0.0428. The monoisotopic (exact) mass is 264 g/mol. The Hall–Kier alpha value is -1.42. The fourth-order valence-electron chi connectivity index (χ4n) is 1.65. The quantitative estimate of drug-likeness (QED) is 0.610. The van der Waals surface area contributed by atoms with Crippen molar-refractivity contribution in [2.45, 2.75) is 33.1 Å². The first-order valence-corrected chi connectivity index (χ1v) is 6.51. The van der Waals surface area contributed by atoms with E-state index in [2.05, 4.69) is 25.2 Å². The standard InChI is InChI=1S/C14H20N2OS/c1-10-5-6-12(8-11(10)2)9-14(17)16-7-3-4-13(15)18/h5-6,8H,3-4,7,9H2,1-2H3,(H2,15,18)(H,16,17). The van der Waals surface area contributed by atoms with Gasteiger partial charge in [0.2, 0.25) is 5.91 Å². The molecule has 1 aromatic carbocycles. The van der Waals surface area contributed by atoms with E-state index in [0.717, 1.165) is 12.0 Å². The van der Waals surface area contributed by atoms with Crippen molar-refractivity contribution in [1.29, 1.82) is 0 Å². The Balaban J connectivity index is 2.35. The van der Waals surface area contributed by atoms with Gasteiger partial charge in [-0.05, 0) is 43.4 Å². The maximum absolute atomic E-state index is 11.7. The minimum atomic E-state index is 0.0428. The summed E-state index contributed by atoms with van der Waals surface area (Å²) in [6.07, 6.45) is 1.90. The van der Waals surface area contributed by atoms with E-state index in [1.807, 2.05) is 12.1 Å². The van der Waals surface area contributed by atoms with E-state index in [1.54, 1.807) is 0 Å². The molecule has 1 aromatic rings. The molecular weight excluding hydrogens is 244 g/mol. The number of nitrogens with two attached hydrogens (primary N) is 1. The van der Waals surface area contributed by atoms with Crippen LogP contribution in [0.1, 0.15) is 29.5 Å². The molecule has 0 aliphatic heterocycles. The van der Waals surface area contributed by atoms with Crippen LogP contribution in [0.3, 0.4) is 0 Å². The highest BCUT2D eigenvalue weighted by Crippen LogP contribution is 2.10. The van der Waals surface area contributed by atoms with Crippen LogP contribution in [0.4, 0.5) is 0 Å². The molecule has 4 heteroatoms. The predicted octanol–water partition coefficient (Wildman–Crippen LogP) is 2.03. The predicted molar refractivity (Wildman–Crippen MR) is 78.6 cm³/mol. The number of amides is 1. The molecule has 18 heavy (non-hydrogen) atoms. The molecule has 0 saturated heterocycles. The highest BCUT2D eigenvalue weighted by molar-refractivity contribution is 7.80. The Morgan fingerprint density at radius 2 is 2.06 bits per heavy atom. The fraction of sp³-hybridized carbons (Fsp3) is 0.429. The molecule has 0 heterocycles. The Kier molecular flexibility index (Phi) is 5.78. The highest BCUT2D eigenvalue weighted by atomic mass is 32.1. The third-order valence-electron chi connectivity index (χ3n) is 2.86. The van der Waals surface area contributed by atoms with Gasteiger partial charge in [-0.2, -0.15) is 0 Å². The number of aryl methyl sites for hydroxylation is 2. The molecule has 0 fully saturated rings. The molecule has 1 rings (SSSR count). The first-order chi connectivity index (χ1) is 8.49. The minimum Gasteiger partial charge on any atom is -0.393 e. The summed E-state index contributed by atoms with van der Waals surface area (Å²) in [6.45, 7) is 4.74. The van der Waals surface area contributed by atoms with Gasteiger partial charge in [0.1, 0.15) is 0 Å². The molecule has 3 nitrogen and oxygen atoms in total. The summed E-state index contributed by atoms with van der Waals surface area (Å²) >= 11 is 4.77. The zero-order valence-electron chi connectivity index (χ0n) is 11.0. The highest BCUT2D eigenvalue weighted by Gasteiger charge is 2.04. The molecule has 0 aliphatic carbocycles. The Morgan fingerprint density at radius 1 is 1.33 bits per heavy atom. The number of carbonyl (C=O) groups excluding carboxylic acids is 1. The van der Waals surface area contributed by atoms with Crippen LogP contribution in [0, 0.1) is 13.8 Å². The molecule has 1 amide bonds. The van der Waals surface area contributed by atoms with Crippen molar-refractivity contribution in [3.63, 3.8) is 0 Å². The van der Waals surface area contributed by atoms with E-state index in [9.17, 15) is 4.79 Å². The van der Waals surface area contributed by atoms with Crippen LogP contribution in [-0.2, 0) is 11.2 Å². The summed E-state index contributed by atoms with van der Waals surface area (Å²) in [6, 6.07) is 6.10.